The fourth-order valence-electron chi connectivity index (χ4n) is 5.39. The first-order chi connectivity index (χ1) is 18.3. The maximum absolute atomic E-state index is 11.0. The lowest BCUT2D eigenvalue weighted by atomic mass is 9.86. The second kappa shape index (κ2) is 11.0. The number of aliphatic carboxylic acids is 1. The van der Waals surface area contributed by atoms with Crippen LogP contribution in [0.4, 0.5) is 0 Å². The van der Waals surface area contributed by atoms with Crippen LogP contribution in [0.15, 0.2) is 72.8 Å². The molecule has 3 aromatic carbocycles. The third kappa shape index (κ3) is 5.94. The Morgan fingerprint density at radius 1 is 0.947 bits per heavy atom. The first-order valence-corrected chi connectivity index (χ1v) is 13.7. The van der Waals surface area contributed by atoms with Crippen molar-refractivity contribution in [1.29, 1.82) is 0 Å². The van der Waals surface area contributed by atoms with Gasteiger partial charge in [0.05, 0.1) is 18.2 Å². The van der Waals surface area contributed by atoms with Gasteiger partial charge in [-0.05, 0) is 90.3 Å². The molecule has 1 fully saturated rings. The molecule has 0 saturated heterocycles. The van der Waals surface area contributed by atoms with Gasteiger partial charge in [0.15, 0.2) is 0 Å². The standard InChI is InChI=1S/C33H38N2O3/c1-33(2,3)26-11-8-23(9-12-26)24-10-17-31-25(20-24)21-28(18-19-34-22-32(36)37)35(31)27-13-15-30(16-14-27)38-29-6-4-5-7-29/h8-17,20-21,29,34H,4-7,18-19,22H2,1-3H3,(H,36,37). The molecule has 0 radical (unpaired) electrons. The summed E-state index contributed by atoms with van der Waals surface area (Å²) in [7, 11) is 0. The number of nitrogens with one attached hydrogen (secondary N) is 1. The summed E-state index contributed by atoms with van der Waals surface area (Å²) in [5, 5.41) is 13.2. The highest BCUT2D eigenvalue weighted by molar-refractivity contribution is 5.88. The molecule has 0 aliphatic heterocycles. The number of ether oxygens (including phenoxy) is 1. The minimum absolute atomic E-state index is 0.0395. The van der Waals surface area contributed by atoms with Crippen molar-refractivity contribution < 1.29 is 14.6 Å². The normalized spacial score (nSPS) is 14.3. The number of hydrogen-bond donors (Lipinski definition) is 2. The Kier molecular flexibility index (Phi) is 7.57. The topological polar surface area (TPSA) is 63.5 Å². The van der Waals surface area contributed by atoms with Gasteiger partial charge in [0.25, 0.3) is 0 Å². The summed E-state index contributed by atoms with van der Waals surface area (Å²) in [5.74, 6) is 0.0771. The Bertz CT molecular complexity index is 1390. The molecule has 4 aromatic rings. The summed E-state index contributed by atoms with van der Waals surface area (Å²) in [4.78, 5) is 11.0. The molecule has 1 aliphatic carbocycles. The molecule has 198 valence electrons. The van der Waals surface area contributed by atoms with Gasteiger partial charge in [-0.3, -0.25) is 4.79 Å². The van der Waals surface area contributed by atoms with Crippen LogP contribution in [0, 0.1) is 0 Å². The fraction of sp³-hybridized carbons (Fsp3) is 0.364. The number of benzene rings is 3. The van der Waals surface area contributed by atoms with Crippen LogP contribution in [0.1, 0.15) is 57.7 Å². The van der Waals surface area contributed by atoms with Crippen LogP contribution in [0.2, 0.25) is 0 Å². The van der Waals surface area contributed by atoms with Crippen LogP contribution in [0.3, 0.4) is 0 Å². The Balaban J connectivity index is 1.46. The number of hydrogen-bond acceptors (Lipinski definition) is 3. The van der Waals surface area contributed by atoms with E-state index in [1.165, 1.54) is 34.9 Å². The van der Waals surface area contributed by atoms with E-state index in [4.69, 9.17) is 9.84 Å². The van der Waals surface area contributed by atoms with Gasteiger partial charge in [0.2, 0.25) is 0 Å². The van der Waals surface area contributed by atoms with Crippen LogP contribution in [-0.4, -0.2) is 34.8 Å². The number of rotatable bonds is 9. The predicted octanol–water partition coefficient (Wildman–Crippen LogP) is 7.13. The SMILES string of the molecule is CC(C)(C)c1ccc(-c2ccc3c(c2)cc(CCNCC(=O)O)n3-c2ccc(OC3CCCC3)cc2)cc1. The first-order valence-electron chi connectivity index (χ1n) is 13.7. The maximum atomic E-state index is 11.0. The number of aromatic nitrogens is 1. The third-order valence-electron chi connectivity index (χ3n) is 7.50. The van der Waals surface area contributed by atoms with E-state index in [0.717, 1.165) is 41.9 Å². The molecule has 38 heavy (non-hydrogen) atoms. The molecule has 0 amide bonds. The van der Waals surface area contributed by atoms with Crippen LogP contribution >= 0.6 is 0 Å². The van der Waals surface area contributed by atoms with E-state index in [-0.39, 0.29) is 12.0 Å². The molecular weight excluding hydrogens is 472 g/mol. The van der Waals surface area contributed by atoms with Gasteiger partial charge >= 0.3 is 5.97 Å². The second-order valence-electron chi connectivity index (χ2n) is 11.4. The Morgan fingerprint density at radius 3 is 2.29 bits per heavy atom. The zero-order chi connectivity index (χ0) is 26.7. The highest BCUT2D eigenvalue weighted by atomic mass is 16.5. The van der Waals surface area contributed by atoms with Crippen molar-refractivity contribution in [2.24, 2.45) is 0 Å². The van der Waals surface area contributed by atoms with Gasteiger partial charge in [0.1, 0.15) is 5.75 Å². The van der Waals surface area contributed by atoms with Gasteiger partial charge in [-0.2, -0.15) is 0 Å². The molecule has 0 spiro atoms. The summed E-state index contributed by atoms with van der Waals surface area (Å²) in [5.41, 5.74) is 7.19. The molecule has 5 heteroatoms. The fourth-order valence-corrected chi connectivity index (χ4v) is 5.39. The molecule has 1 saturated carbocycles. The number of carbonyl (C=O) groups is 1. The molecule has 1 aromatic heterocycles. The highest BCUT2D eigenvalue weighted by Gasteiger charge is 2.17. The summed E-state index contributed by atoms with van der Waals surface area (Å²) < 4.78 is 8.47. The molecule has 0 bridgehead atoms. The van der Waals surface area contributed by atoms with Gasteiger partial charge in [-0.25, -0.2) is 0 Å². The lowest BCUT2D eigenvalue weighted by Gasteiger charge is -2.19. The van der Waals surface area contributed by atoms with Crippen LogP contribution in [-0.2, 0) is 16.6 Å². The van der Waals surface area contributed by atoms with Gasteiger partial charge < -0.3 is 19.7 Å². The van der Waals surface area contributed by atoms with Crippen molar-refractivity contribution in [3.05, 3.63) is 84.1 Å². The Hall–Kier alpha value is -3.57. The Labute approximate surface area is 225 Å². The zero-order valence-electron chi connectivity index (χ0n) is 22.7. The molecule has 5 rings (SSSR count). The van der Waals surface area contributed by atoms with Crippen molar-refractivity contribution in [1.82, 2.24) is 9.88 Å². The lowest BCUT2D eigenvalue weighted by Crippen LogP contribution is -2.25. The van der Waals surface area contributed by atoms with Crippen molar-refractivity contribution in [2.75, 3.05) is 13.1 Å². The number of carboxylic acid groups (broad SMARTS) is 1. The molecular formula is C33H38N2O3. The minimum Gasteiger partial charge on any atom is -0.490 e. The average molecular weight is 511 g/mol. The number of fused-ring (bicyclic) bond motifs is 1. The summed E-state index contributed by atoms with van der Waals surface area (Å²) in [6, 6.07) is 26.1. The quantitative estimate of drug-likeness (QED) is 0.235. The van der Waals surface area contributed by atoms with Crippen LogP contribution in [0.25, 0.3) is 27.7 Å². The zero-order valence-corrected chi connectivity index (χ0v) is 22.7. The Morgan fingerprint density at radius 2 is 1.63 bits per heavy atom. The number of nitrogens with zero attached hydrogens (tertiary/aromatic N) is 1. The van der Waals surface area contributed by atoms with E-state index in [9.17, 15) is 4.79 Å². The highest BCUT2D eigenvalue weighted by Crippen LogP contribution is 2.32. The van der Waals surface area contributed by atoms with E-state index >= 15 is 0 Å². The van der Waals surface area contributed by atoms with Crippen molar-refractivity contribution >= 4 is 16.9 Å². The van der Waals surface area contributed by atoms with E-state index in [1.807, 2.05) is 0 Å². The van der Waals surface area contributed by atoms with Gasteiger partial charge in [0, 0.05) is 29.7 Å². The molecule has 1 heterocycles. The van der Waals surface area contributed by atoms with Crippen molar-refractivity contribution in [3.8, 4) is 22.6 Å². The maximum Gasteiger partial charge on any atom is 0.317 e. The monoisotopic (exact) mass is 510 g/mol. The van der Waals surface area contributed by atoms with Gasteiger partial charge in [-0.15, -0.1) is 0 Å². The van der Waals surface area contributed by atoms with Crippen molar-refractivity contribution in [3.63, 3.8) is 0 Å². The van der Waals surface area contributed by atoms with Gasteiger partial charge in [-0.1, -0.05) is 51.1 Å². The van der Waals surface area contributed by atoms with Crippen molar-refractivity contribution in [2.45, 2.75) is 64.4 Å². The van der Waals surface area contributed by atoms with E-state index < -0.39 is 5.97 Å². The second-order valence-corrected chi connectivity index (χ2v) is 11.4. The molecule has 5 nitrogen and oxygen atoms in total. The molecule has 2 N–H and O–H groups in total. The first kappa shape index (κ1) is 26.1. The van der Waals surface area contributed by atoms with E-state index in [2.05, 4.69) is 103 Å². The third-order valence-corrected chi connectivity index (χ3v) is 7.50. The molecule has 1 aliphatic rings. The predicted molar refractivity (Wildman–Crippen MR) is 155 cm³/mol. The smallest absolute Gasteiger partial charge is 0.317 e. The summed E-state index contributed by atoms with van der Waals surface area (Å²) in [6.45, 7) is 7.25. The molecule has 0 unspecified atom stereocenters. The lowest BCUT2D eigenvalue weighted by molar-refractivity contribution is -0.135. The van der Waals surface area contributed by atoms with Crippen LogP contribution < -0.4 is 10.1 Å². The minimum atomic E-state index is -0.842. The summed E-state index contributed by atoms with van der Waals surface area (Å²) in [6.07, 6.45) is 5.83. The largest absolute Gasteiger partial charge is 0.490 e. The summed E-state index contributed by atoms with van der Waals surface area (Å²) >= 11 is 0. The molecule has 0 atom stereocenters. The average Bonchev–Trinajstić information content (AvgIpc) is 3.54. The van der Waals surface area contributed by atoms with Crippen LogP contribution in [0.5, 0.6) is 5.75 Å². The van der Waals surface area contributed by atoms with E-state index in [1.54, 1.807) is 0 Å². The number of carboxylic acids is 1. The van der Waals surface area contributed by atoms with E-state index in [0.29, 0.717) is 12.6 Å².